The molecule has 0 radical (unpaired) electrons. The van der Waals surface area contributed by atoms with Crippen LogP contribution >= 0.6 is 11.6 Å². The van der Waals surface area contributed by atoms with Crippen molar-refractivity contribution < 1.29 is 5.11 Å². The summed E-state index contributed by atoms with van der Waals surface area (Å²) in [7, 11) is 0. The van der Waals surface area contributed by atoms with E-state index in [9.17, 15) is 5.11 Å². The average molecular weight is 214 g/mol. The van der Waals surface area contributed by atoms with Gasteiger partial charge in [-0.25, -0.2) is 0 Å². The summed E-state index contributed by atoms with van der Waals surface area (Å²) in [6.07, 6.45) is 0. The van der Waals surface area contributed by atoms with Crippen LogP contribution in [0, 0.1) is 0 Å². The van der Waals surface area contributed by atoms with Crippen molar-refractivity contribution in [2.45, 2.75) is 19.4 Å². The van der Waals surface area contributed by atoms with E-state index in [-0.39, 0.29) is 6.61 Å². The Labute approximate surface area is 89.9 Å². The van der Waals surface area contributed by atoms with Crippen molar-refractivity contribution in [2.75, 3.05) is 13.2 Å². The summed E-state index contributed by atoms with van der Waals surface area (Å²) < 4.78 is 0. The summed E-state index contributed by atoms with van der Waals surface area (Å²) in [6, 6.07) is 7.57. The van der Waals surface area contributed by atoms with Crippen LogP contribution in [0.15, 0.2) is 24.3 Å². The molecule has 0 spiro atoms. The zero-order valence-electron chi connectivity index (χ0n) is 8.55. The lowest BCUT2D eigenvalue weighted by molar-refractivity contribution is 0.177. The second-order valence-corrected chi connectivity index (χ2v) is 3.91. The molecule has 0 aliphatic rings. The van der Waals surface area contributed by atoms with E-state index in [2.05, 4.69) is 5.32 Å². The van der Waals surface area contributed by atoms with Crippen molar-refractivity contribution >= 4 is 11.6 Å². The molecule has 1 atom stereocenters. The number of likely N-dealkylation sites (N-methyl/N-ethyl adjacent to an activating group) is 1. The fourth-order valence-corrected chi connectivity index (χ4v) is 1.88. The number of hydrogen-bond acceptors (Lipinski definition) is 2. The highest BCUT2D eigenvalue weighted by atomic mass is 35.5. The van der Waals surface area contributed by atoms with Crippen LogP contribution in [-0.2, 0) is 5.54 Å². The van der Waals surface area contributed by atoms with Crippen molar-refractivity contribution in [1.82, 2.24) is 5.32 Å². The third-order valence-corrected chi connectivity index (χ3v) is 2.68. The van der Waals surface area contributed by atoms with Gasteiger partial charge in [0.1, 0.15) is 0 Å². The number of benzene rings is 1. The number of aliphatic hydroxyl groups excluding tert-OH is 1. The fourth-order valence-electron chi connectivity index (χ4n) is 1.54. The molecular weight excluding hydrogens is 198 g/mol. The molecule has 0 aliphatic heterocycles. The van der Waals surface area contributed by atoms with E-state index in [0.29, 0.717) is 5.02 Å². The maximum absolute atomic E-state index is 9.37. The minimum absolute atomic E-state index is 0.0323. The van der Waals surface area contributed by atoms with Crippen LogP contribution in [0.5, 0.6) is 0 Å². The smallest absolute Gasteiger partial charge is 0.0655 e. The maximum atomic E-state index is 9.37. The largest absolute Gasteiger partial charge is 0.394 e. The Morgan fingerprint density at radius 3 is 2.57 bits per heavy atom. The van der Waals surface area contributed by atoms with Gasteiger partial charge in [-0.1, -0.05) is 36.7 Å². The van der Waals surface area contributed by atoms with Gasteiger partial charge in [-0.15, -0.1) is 0 Å². The number of halogens is 1. The van der Waals surface area contributed by atoms with E-state index < -0.39 is 5.54 Å². The lowest BCUT2D eigenvalue weighted by atomic mass is 9.93. The molecule has 1 rings (SSSR count). The Kier molecular flexibility index (Phi) is 3.93. The van der Waals surface area contributed by atoms with Crippen LogP contribution in [0.2, 0.25) is 5.02 Å². The van der Waals surface area contributed by atoms with E-state index in [4.69, 9.17) is 11.6 Å². The normalized spacial score (nSPS) is 15.1. The summed E-state index contributed by atoms with van der Waals surface area (Å²) in [4.78, 5) is 0. The number of hydrogen-bond donors (Lipinski definition) is 2. The van der Waals surface area contributed by atoms with Gasteiger partial charge in [-0.05, 0) is 25.1 Å². The first-order valence-corrected chi connectivity index (χ1v) is 5.12. The third-order valence-electron chi connectivity index (χ3n) is 2.35. The van der Waals surface area contributed by atoms with Crippen LogP contribution in [-0.4, -0.2) is 18.3 Å². The lowest BCUT2D eigenvalue weighted by Gasteiger charge is -2.29. The Hall–Kier alpha value is -0.570. The van der Waals surface area contributed by atoms with Crippen LogP contribution in [0.3, 0.4) is 0 Å². The molecule has 0 saturated heterocycles. The summed E-state index contributed by atoms with van der Waals surface area (Å²) in [5.41, 5.74) is 0.485. The van der Waals surface area contributed by atoms with Gasteiger partial charge < -0.3 is 10.4 Å². The summed E-state index contributed by atoms with van der Waals surface area (Å²) in [5, 5.41) is 13.3. The molecule has 2 nitrogen and oxygen atoms in total. The van der Waals surface area contributed by atoms with Crippen molar-refractivity contribution in [1.29, 1.82) is 0 Å². The number of rotatable bonds is 4. The lowest BCUT2D eigenvalue weighted by Crippen LogP contribution is -2.42. The first-order chi connectivity index (χ1) is 6.64. The molecule has 0 amide bonds. The molecule has 0 fully saturated rings. The molecule has 1 unspecified atom stereocenters. The molecule has 14 heavy (non-hydrogen) atoms. The number of aliphatic hydroxyl groups is 1. The molecule has 1 aromatic carbocycles. The van der Waals surface area contributed by atoms with Crippen molar-refractivity contribution in [3.05, 3.63) is 34.9 Å². The second kappa shape index (κ2) is 4.78. The first kappa shape index (κ1) is 11.5. The highest BCUT2D eigenvalue weighted by Gasteiger charge is 2.26. The van der Waals surface area contributed by atoms with Crippen LogP contribution in [0.4, 0.5) is 0 Å². The molecule has 2 N–H and O–H groups in total. The van der Waals surface area contributed by atoms with Crippen LogP contribution < -0.4 is 5.32 Å². The third kappa shape index (κ3) is 2.27. The molecular formula is C11H16ClNO. The minimum atomic E-state index is -0.451. The van der Waals surface area contributed by atoms with Crippen molar-refractivity contribution in [3.8, 4) is 0 Å². The highest BCUT2D eigenvalue weighted by molar-refractivity contribution is 6.31. The number of nitrogens with one attached hydrogen (secondary N) is 1. The summed E-state index contributed by atoms with van der Waals surface area (Å²) in [6.45, 7) is 4.77. The standard InChI is InChI=1S/C11H16ClNO/c1-3-13-11(2,8-14)9-6-4-5-7-10(9)12/h4-7,13-14H,3,8H2,1-2H3. The Morgan fingerprint density at radius 1 is 1.43 bits per heavy atom. The van der Waals surface area contributed by atoms with Gasteiger partial charge in [0.25, 0.3) is 0 Å². The van der Waals surface area contributed by atoms with Gasteiger partial charge >= 0.3 is 0 Å². The predicted octanol–water partition coefficient (Wildman–Crippen LogP) is 2.16. The van der Waals surface area contributed by atoms with E-state index in [0.717, 1.165) is 12.1 Å². The van der Waals surface area contributed by atoms with Gasteiger partial charge in [0.15, 0.2) is 0 Å². The molecule has 0 bridgehead atoms. The molecule has 3 heteroatoms. The van der Waals surface area contributed by atoms with E-state index >= 15 is 0 Å². The van der Waals surface area contributed by atoms with Gasteiger partial charge in [-0.3, -0.25) is 0 Å². The molecule has 78 valence electrons. The van der Waals surface area contributed by atoms with Gasteiger partial charge in [0, 0.05) is 5.02 Å². The van der Waals surface area contributed by atoms with Crippen LogP contribution in [0.1, 0.15) is 19.4 Å². The van der Waals surface area contributed by atoms with Gasteiger partial charge in [-0.2, -0.15) is 0 Å². The fraction of sp³-hybridized carbons (Fsp3) is 0.455. The zero-order chi connectivity index (χ0) is 10.6. The topological polar surface area (TPSA) is 32.3 Å². The van der Waals surface area contributed by atoms with Crippen molar-refractivity contribution in [3.63, 3.8) is 0 Å². The van der Waals surface area contributed by atoms with Crippen molar-refractivity contribution in [2.24, 2.45) is 0 Å². The van der Waals surface area contributed by atoms with Gasteiger partial charge in [0.05, 0.1) is 12.1 Å². The first-order valence-electron chi connectivity index (χ1n) is 4.75. The predicted molar refractivity (Wildman–Crippen MR) is 59.6 cm³/mol. The SMILES string of the molecule is CCNC(C)(CO)c1ccccc1Cl. The highest BCUT2D eigenvalue weighted by Crippen LogP contribution is 2.27. The summed E-state index contributed by atoms with van der Waals surface area (Å²) >= 11 is 6.07. The Morgan fingerprint density at radius 2 is 2.07 bits per heavy atom. The van der Waals surface area contributed by atoms with Crippen LogP contribution in [0.25, 0.3) is 0 Å². The van der Waals surface area contributed by atoms with E-state index in [1.54, 1.807) is 0 Å². The molecule has 0 aliphatic carbocycles. The zero-order valence-corrected chi connectivity index (χ0v) is 9.30. The quantitative estimate of drug-likeness (QED) is 0.804. The van der Waals surface area contributed by atoms with E-state index in [1.807, 2.05) is 38.1 Å². The monoisotopic (exact) mass is 213 g/mol. The molecule has 0 saturated carbocycles. The maximum Gasteiger partial charge on any atom is 0.0655 e. The summed E-state index contributed by atoms with van der Waals surface area (Å²) in [5.74, 6) is 0. The molecule has 1 aromatic rings. The van der Waals surface area contributed by atoms with E-state index in [1.165, 1.54) is 0 Å². The Balaban J connectivity index is 3.05. The average Bonchev–Trinajstić information content (AvgIpc) is 2.18. The molecule has 0 aromatic heterocycles. The second-order valence-electron chi connectivity index (χ2n) is 3.50. The Bertz CT molecular complexity index is 303. The minimum Gasteiger partial charge on any atom is -0.394 e. The van der Waals surface area contributed by atoms with Gasteiger partial charge in [0.2, 0.25) is 0 Å². The molecule has 0 heterocycles.